The van der Waals surface area contributed by atoms with Crippen molar-refractivity contribution >= 4 is 23.5 Å². The summed E-state index contributed by atoms with van der Waals surface area (Å²) < 4.78 is 33.1. The van der Waals surface area contributed by atoms with Gasteiger partial charge in [0, 0.05) is 24.7 Å². The smallest absolute Gasteiger partial charge is 0.308 e. The maximum absolute atomic E-state index is 14.2. The highest BCUT2D eigenvalue weighted by Gasteiger charge is 2.32. The molecule has 1 aliphatic carbocycles. The second-order valence-electron chi connectivity index (χ2n) is 10.1. The molecule has 1 N–H and O–H groups in total. The van der Waals surface area contributed by atoms with Gasteiger partial charge in [-0.3, -0.25) is 14.4 Å². The van der Waals surface area contributed by atoms with E-state index >= 15 is 0 Å². The van der Waals surface area contributed by atoms with Crippen molar-refractivity contribution in [2.45, 2.75) is 58.3 Å². The van der Waals surface area contributed by atoms with Crippen LogP contribution in [0.2, 0.25) is 0 Å². The number of carbonyl (C=O) groups excluding carboxylic acids is 3. The zero-order chi connectivity index (χ0) is 26.5. The number of piperidine rings is 1. The molecule has 2 atom stereocenters. The van der Waals surface area contributed by atoms with E-state index in [4.69, 9.17) is 4.74 Å². The van der Waals surface area contributed by atoms with Crippen LogP contribution in [0.3, 0.4) is 0 Å². The van der Waals surface area contributed by atoms with Gasteiger partial charge in [0.1, 0.15) is 0 Å². The van der Waals surface area contributed by atoms with Gasteiger partial charge in [0.25, 0.3) is 5.91 Å². The number of aryl methyl sites for hydroxylation is 1. The normalized spacial score (nSPS) is 20.4. The minimum Gasteiger partial charge on any atom is -0.466 e. The van der Waals surface area contributed by atoms with Crippen molar-refractivity contribution in [2.75, 3.05) is 25.0 Å². The van der Waals surface area contributed by atoms with Crippen molar-refractivity contribution in [3.8, 4) is 0 Å². The Labute approximate surface area is 216 Å². The number of likely N-dealkylation sites (tertiary alicyclic amines) is 1. The number of rotatable bonds is 6. The zero-order valence-corrected chi connectivity index (χ0v) is 21.4. The molecule has 4 rings (SSSR count). The number of anilines is 1. The van der Waals surface area contributed by atoms with Crippen molar-refractivity contribution in [1.82, 2.24) is 4.90 Å². The van der Waals surface area contributed by atoms with E-state index in [2.05, 4.69) is 5.32 Å². The van der Waals surface area contributed by atoms with Crippen LogP contribution in [0.25, 0.3) is 0 Å². The number of nitrogens with one attached hydrogen (secondary N) is 1. The van der Waals surface area contributed by atoms with Gasteiger partial charge < -0.3 is 15.0 Å². The fraction of sp³-hybridized carbons (Fsp3) is 0.483. The van der Waals surface area contributed by atoms with Crippen molar-refractivity contribution in [3.05, 3.63) is 64.7 Å². The van der Waals surface area contributed by atoms with Crippen LogP contribution < -0.4 is 5.32 Å². The van der Waals surface area contributed by atoms with E-state index < -0.39 is 17.5 Å². The standard InChI is InChI=1S/C29H34F2N2O4/c1-3-37-29(36)22-6-4-5-21(17-22)27(34)32-23-9-7-19(8-10-23)20-11-13-33(14-12-20)28(35)24-15-18(2)16-25(30)26(24)31/h7-10,15-16,20-22H,3-6,11-14,17H2,1-2H3,(H,32,34)/t21-,22+/m0/s1. The van der Waals surface area contributed by atoms with Crippen LogP contribution in [0.1, 0.15) is 72.9 Å². The van der Waals surface area contributed by atoms with E-state index in [0.29, 0.717) is 50.2 Å². The first-order valence-electron chi connectivity index (χ1n) is 13.1. The van der Waals surface area contributed by atoms with E-state index in [0.717, 1.165) is 30.9 Å². The maximum Gasteiger partial charge on any atom is 0.308 e. The number of nitrogens with zero attached hydrogens (tertiary/aromatic N) is 1. The topological polar surface area (TPSA) is 75.7 Å². The Balaban J connectivity index is 1.30. The van der Waals surface area contributed by atoms with Crippen LogP contribution in [0.5, 0.6) is 0 Å². The fourth-order valence-corrected chi connectivity index (χ4v) is 5.45. The van der Waals surface area contributed by atoms with Gasteiger partial charge in [-0.2, -0.15) is 0 Å². The summed E-state index contributed by atoms with van der Waals surface area (Å²) in [6, 6.07) is 10.2. The second kappa shape index (κ2) is 11.8. The molecule has 37 heavy (non-hydrogen) atoms. The first-order valence-corrected chi connectivity index (χ1v) is 13.1. The third kappa shape index (κ3) is 6.35. The van der Waals surface area contributed by atoms with Gasteiger partial charge in [-0.05, 0) is 87.3 Å². The second-order valence-corrected chi connectivity index (χ2v) is 10.1. The summed E-state index contributed by atoms with van der Waals surface area (Å²) in [5.41, 5.74) is 2.10. The van der Waals surface area contributed by atoms with Gasteiger partial charge in [0.2, 0.25) is 5.91 Å². The molecule has 0 bridgehead atoms. The highest BCUT2D eigenvalue weighted by molar-refractivity contribution is 5.95. The molecule has 0 spiro atoms. The number of hydrogen-bond donors (Lipinski definition) is 1. The zero-order valence-electron chi connectivity index (χ0n) is 21.4. The Kier molecular flexibility index (Phi) is 8.56. The number of esters is 1. The monoisotopic (exact) mass is 512 g/mol. The quantitative estimate of drug-likeness (QED) is 0.511. The molecular formula is C29H34F2N2O4. The Morgan fingerprint density at radius 1 is 1.00 bits per heavy atom. The molecule has 1 saturated carbocycles. The van der Waals surface area contributed by atoms with E-state index in [1.807, 2.05) is 24.3 Å². The average molecular weight is 513 g/mol. The highest BCUT2D eigenvalue weighted by Crippen LogP contribution is 2.32. The Morgan fingerprint density at radius 2 is 1.68 bits per heavy atom. The predicted octanol–water partition coefficient (Wildman–Crippen LogP) is 5.60. The van der Waals surface area contributed by atoms with Gasteiger partial charge in [-0.15, -0.1) is 0 Å². The third-order valence-electron chi connectivity index (χ3n) is 7.50. The van der Waals surface area contributed by atoms with Crippen LogP contribution in [0.4, 0.5) is 14.5 Å². The Bertz CT molecular complexity index is 1140. The summed E-state index contributed by atoms with van der Waals surface area (Å²) in [7, 11) is 0. The van der Waals surface area contributed by atoms with Gasteiger partial charge in [0.15, 0.2) is 11.6 Å². The molecule has 6 nitrogen and oxygen atoms in total. The molecular weight excluding hydrogens is 478 g/mol. The molecule has 0 unspecified atom stereocenters. The molecule has 198 valence electrons. The van der Waals surface area contributed by atoms with Crippen LogP contribution in [-0.2, 0) is 14.3 Å². The highest BCUT2D eigenvalue weighted by atomic mass is 19.2. The molecule has 1 heterocycles. The first-order chi connectivity index (χ1) is 17.8. The van der Waals surface area contributed by atoms with Crippen molar-refractivity contribution < 1.29 is 27.9 Å². The van der Waals surface area contributed by atoms with Crippen molar-refractivity contribution in [2.24, 2.45) is 11.8 Å². The largest absolute Gasteiger partial charge is 0.466 e. The predicted molar refractivity (Wildman–Crippen MR) is 136 cm³/mol. The lowest BCUT2D eigenvalue weighted by Crippen LogP contribution is -2.38. The number of carbonyl (C=O) groups is 3. The van der Waals surface area contributed by atoms with E-state index in [1.165, 1.54) is 6.07 Å². The lowest BCUT2D eigenvalue weighted by atomic mass is 9.81. The van der Waals surface area contributed by atoms with Crippen molar-refractivity contribution in [1.29, 1.82) is 0 Å². The SMILES string of the molecule is CCOC(=O)[C@@H]1CCC[C@H](C(=O)Nc2ccc(C3CCN(C(=O)c4cc(C)cc(F)c4F)CC3)cc2)C1. The van der Waals surface area contributed by atoms with Crippen LogP contribution in [0.15, 0.2) is 36.4 Å². The maximum atomic E-state index is 14.2. The lowest BCUT2D eigenvalue weighted by molar-refractivity contribution is -0.150. The molecule has 1 saturated heterocycles. The summed E-state index contributed by atoms with van der Waals surface area (Å²) in [5, 5.41) is 2.98. The minimum absolute atomic E-state index is 0.0756. The molecule has 2 aliphatic rings. The average Bonchev–Trinajstić information content (AvgIpc) is 2.91. The fourth-order valence-electron chi connectivity index (χ4n) is 5.45. The summed E-state index contributed by atoms with van der Waals surface area (Å²) >= 11 is 0. The van der Waals surface area contributed by atoms with Crippen LogP contribution in [0, 0.1) is 30.4 Å². The summed E-state index contributed by atoms with van der Waals surface area (Å²) in [6.07, 6.45) is 4.29. The van der Waals surface area contributed by atoms with Gasteiger partial charge >= 0.3 is 5.97 Å². The minimum atomic E-state index is -1.10. The Morgan fingerprint density at radius 3 is 2.35 bits per heavy atom. The Hall–Kier alpha value is -3.29. The van der Waals surface area contributed by atoms with Crippen LogP contribution in [-0.4, -0.2) is 42.4 Å². The molecule has 8 heteroatoms. The van der Waals surface area contributed by atoms with Gasteiger partial charge in [-0.25, -0.2) is 8.78 Å². The molecule has 2 aromatic carbocycles. The number of amides is 2. The summed E-state index contributed by atoms with van der Waals surface area (Å²) in [4.78, 5) is 39.3. The number of hydrogen-bond acceptors (Lipinski definition) is 4. The number of ether oxygens (including phenoxy) is 1. The molecule has 0 aromatic heterocycles. The van der Waals surface area contributed by atoms with Crippen LogP contribution >= 0.6 is 0 Å². The number of benzene rings is 2. The molecule has 2 amide bonds. The lowest BCUT2D eigenvalue weighted by Gasteiger charge is -2.32. The van der Waals surface area contributed by atoms with Gasteiger partial charge in [-0.1, -0.05) is 18.6 Å². The van der Waals surface area contributed by atoms with Gasteiger partial charge in [0.05, 0.1) is 18.1 Å². The molecule has 2 fully saturated rings. The molecule has 2 aromatic rings. The molecule has 1 aliphatic heterocycles. The van der Waals surface area contributed by atoms with E-state index in [9.17, 15) is 23.2 Å². The van der Waals surface area contributed by atoms with Crippen molar-refractivity contribution in [3.63, 3.8) is 0 Å². The first kappa shape index (κ1) is 26.8. The number of halogens is 2. The van der Waals surface area contributed by atoms with E-state index in [-0.39, 0.29) is 35.2 Å². The molecule has 0 radical (unpaired) electrons. The summed E-state index contributed by atoms with van der Waals surface area (Å²) in [6.45, 7) is 4.68. The third-order valence-corrected chi connectivity index (χ3v) is 7.50. The van der Waals surface area contributed by atoms with E-state index in [1.54, 1.807) is 18.7 Å². The summed E-state index contributed by atoms with van der Waals surface area (Å²) in [5.74, 6) is -3.07.